The first-order chi connectivity index (χ1) is 11.2. The number of rotatable bonds is 8. The van der Waals surface area contributed by atoms with Crippen LogP contribution in [0.25, 0.3) is 0 Å². The first-order valence-corrected chi connectivity index (χ1v) is 7.77. The predicted molar refractivity (Wildman–Crippen MR) is 91.0 cm³/mol. The normalized spacial score (nSPS) is 10.2. The molecule has 0 fully saturated rings. The van der Waals surface area contributed by atoms with Crippen molar-refractivity contribution in [1.29, 1.82) is 0 Å². The number of hydrogen-bond donors (Lipinski definition) is 1. The highest BCUT2D eigenvalue weighted by molar-refractivity contribution is 5.76. The van der Waals surface area contributed by atoms with Crippen LogP contribution < -0.4 is 14.8 Å². The van der Waals surface area contributed by atoms with Crippen molar-refractivity contribution in [2.45, 2.75) is 19.8 Å². The van der Waals surface area contributed by atoms with Crippen molar-refractivity contribution < 1.29 is 14.3 Å². The number of hydrogen-bond acceptors (Lipinski definition) is 3. The number of amides is 1. The quantitative estimate of drug-likeness (QED) is 0.814. The van der Waals surface area contributed by atoms with Gasteiger partial charge >= 0.3 is 0 Å². The first kappa shape index (κ1) is 16.9. The molecule has 0 bridgehead atoms. The Kier molecular flexibility index (Phi) is 6.48. The maximum Gasteiger partial charge on any atom is 0.223 e. The van der Waals surface area contributed by atoms with Gasteiger partial charge in [0, 0.05) is 6.54 Å². The van der Waals surface area contributed by atoms with Gasteiger partial charge in [-0.05, 0) is 42.7 Å². The summed E-state index contributed by atoms with van der Waals surface area (Å²) in [6.45, 7) is 2.98. The second kappa shape index (κ2) is 8.83. The van der Waals surface area contributed by atoms with Gasteiger partial charge < -0.3 is 14.8 Å². The van der Waals surface area contributed by atoms with E-state index in [0.29, 0.717) is 19.6 Å². The van der Waals surface area contributed by atoms with Crippen LogP contribution in [-0.4, -0.2) is 26.2 Å². The van der Waals surface area contributed by atoms with Crippen molar-refractivity contribution >= 4 is 5.91 Å². The fourth-order valence-electron chi connectivity index (χ4n) is 2.30. The van der Waals surface area contributed by atoms with Crippen molar-refractivity contribution in [3.05, 3.63) is 59.7 Å². The highest BCUT2D eigenvalue weighted by atomic mass is 16.5. The molecule has 0 aliphatic rings. The summed E-state index contributed by atoms with van der Waals surface area (Å²) < 4.78 is 10.9. The van der Waals surface area contributed by atoms with Crippen molar-refractivity contribution in [3.8, 4) is 11.5 Å². The molecular weight excluding hydrogens is 290 g/mol. The fraction of sp³-hybridized carbons (Fsp3) is 0.316. The summed E-state index contributed by atoms with van der Waals surface area (Å²) in [6.07, 6.45) is 1.09. The topological polar surface area (TPSA) is 47.6 Å². The number of methoxy groups -OCH3 is 1. The molecule has 0 aromatic heterocycles. The average Bonchev–Trinajstić information content (AvgIpc) is 2.55. The van der Waals surface area contributed by atoms with Gasteiger partial charge in [0.2, 0.25) is 5.91 Å². The third kappa shape index (κ3) is 5.66. The molecule has 2 aromatic carbocycles. The van der Waals surface area contributed by atoms with Gasteiger partial charge in [0.15, 0.2) is 0 Å². The molecule has 0 atom stereocenters. The molecule has 1 N–H and O–H groups in total. The Morgan fingerprint density at radius 3 is 2.74 bits per heavy atom. The molecule has 0 saturated heterocycles. The number of para-hydroxylation sites is 1. The number of carbonyl (C=O) groups excluding carboxylic acids is 1. The van der Waals surface area contributed by atoms with Gasteiger partial charge in [-0.2, -0.15) is 0 Å². The Balaban J connectivity index is 1.67. The molecule has 0 saturated carbocycles. The van der Waals surface area contributed by atoms with E-state index in [4.69, 9.17) is 9.47 Å². The second-order valence-corrected chi connectivity index (χ2v) is 5.33. The molecule has 23 heavy (non-hydrogen) atoms. The number of ether oxygens (including phenoxy) is 2. The lowest BCUT2D eigenvalue weighted by molar-refractivity contribution is -0.121. The van der Waals surface area contributed by atoms with Gasteiger partial charge in [0.25, 0.3) is 0 Å². The monoisotopic (exact) mass is 313 g/mol. The van der Waals surface area contributed by atoms with Crippen LogP contribution in [0.15, 0.2) is 48.5 Å². The number of nitrogens with one attached hydrogen (secondary N) is 1. The average molecular weight is 313 g/mol. The smallest absolute Gasteiger partial charge is 0.223 e. The van der Waals surface area contributed by atoms with Gasteiger partial charge in [-0.25, -0.2) is 0 Å². The molecule has 2 rings (SSSR count). The molecule has 0 aliphatic heterocycles. The van der Waals surface area contributed by atoms with Crippen LogP contribution in [0.5, 0.6) is 11.5 Å². The molecule has 0 radical (unpaired) electrons. The minimum atomic E-state index is -0.00690. The lowest BCUT2D eigenvalue weighted by Gasteiger charge is -2.10. The SMILES string of the molecule is COc1ccccc1CCNC(=O)CCOc1cccc(C)c1. The summed E-state index contributed by atoms with van der Waals surface area (Å²) in [7, 11) is 1.65. The van der Waals surface area contributed by atoms with E-state index in [9.17, 15) is 4.79 Å². The Hall–Kier alpha value is -2.49. The Morgan fingerprint density at radius 2 is 1.96 bits per heavy atom. The molecule has 122 valence electrons. The molecule has 1 amide bonds. The predicted octanol–water partition coefficient (Wildman–Crippen LogP) is 3.13. The van der Waals surface area contributed by atoms with Gasteiger partial charge in [-0.1, -0.05) is 30.3 Å². The highest BCUT2D eigenvalue weighted by Crippen LogP contribution is 2.17. The van der Waals surface area contributed by atoms with E-state index in [1.165, 1.54) is 0 Å². The van der Waals surface area contributed by atoms with Gasteiger partial charge in [0.1, 0.15) is 11.5 Å². The Morgan fingerprint density at radius 1 is 1.13 bits per heavy atom. The van der Waals surface area contributed by atoms with Crippen molar-refractivity contribution in [2.24, 2.45) is 0 Å². The lowest BCUT2D eigenvalue weighted by Crippen LogP contribution is -2.27. The standard InChI is InChI=1S/C19H23NO3/c1-15-6-5-8-17(14-15)23-13-11-19(21)20-12-10-16-7-3-4-9-18(16)22-2/h3-9,14H,10-13H2,1-2H3,(H,20,21). The number of aryl methyl sites for hydroxylation is 1. The fourth-order valence-corrected chi connectivity index (χ4v) is 2.30. The zero-order chi connectivity index (χ0) is 16.5. The third-order valence-electron chi connectivity index (χ3n) is 3.50. The van der Waals surface area contributed by atoms with Crippen LogP contribution in [0, 0.1) is 6.92 Å². The van der Waals surface area contributed by atoms with Gasteiger partial charge in [-0.15, -0.1) is 0 Å². The van der Waals surface area contributed by atoms with Crippen LogP contribution in [0.1, 0.15) is 17.5 Å². The van der Waals surface area contributed by atoms with Gasteiger partial charge in [0.05, 0.1) is 20.1 Å². The summed E-state index contributed by atoms with van der Waals surface area (Å²) in [6, 6.07) is 15.6. The lowest BCUT2D eigenvalue weighted by atomic mass is 10.1. The number of benzene rings is 2. The van der Waals surface area contributed by atoms with Crippen LogP contribution in [-0.2, 0) is 11.2 Å². The largest absolute Gasteiger partial charge is 0.496 e. The first-order valence-electron chi connectivity index (χ1n) is 7.77. The van der Waals surface area contributed by atoms with E-state index in [0.717, 1.165) is 29.0 Å². The van der Waals surface area contributed by atoms with Crippen LogP contribution in [0.4, 0.5) is 0 Å². The van der Waals surface area contributed by atoms with E-state index in [-0.39, 0.29) is 5.91 Å². The molecule has 0 aliphatic carbocycles. The van der Waals surface area contributed by atoms with Crippen molar-refractivity contribution in [2.75, 3.05) is 20.3 Å². The molecule has 4 nitrogen and oxygen atoms in total. The Bertz CT molecular complexity index is 640. The minimum absolute atomic E-state index is 0.00690. The molecular formula is C19H23NO3. The van der Waals surface area contributed by atoms with Crippen molar-refractivity contribution in [3.63, 3.8) is 0 Å². The minimum Gasteiger partial charge on any atom is -0.496 e. The van der Waals surface area contributed by atoms with E-state index in [1.807, 2.05) is 55.5 Å². The summed E-state index contributed by atoms with van der Waals surface area (Å²) in [5, 5.41) is 2.91. The van der Waals surface area contributed by atoms with E-state index >= 15 is 0 Å². The molecule has 2 aromatic rings. The Labute approximate surface area is 137 Å². The summed E-state index contributed by atoms with van der Waals surface area (Å²) in [5.41, 5.74) is 2.23. The van der Waals surface area contributed by atoms with Gasteiger partial charge in [-0.3, -0.25) is 4.79 Å². The zero-order valence-electron chi connectivity index (χ0n) is 13.7. The zero-order valence-corrected chi connectivity index (χ0v) is 13.7. The van der Waals surface area contributed by atoms with Crippen LogP contribution >= 0.6 is 0 Å². The van der Waals surface area contributed by atoms with Crippen LogP contribution in [0.2, 0.25) is 0 Å². The van der Waals surface area contributed by atoms with E-state index in [2.05, 4.69) is 5.32 Å². The molecule has 4 heteroatoms. The molecule has 0 unspecified atom stereocenters. The number of carbonyl (C=O) groups is 1. The third-order valence-corrected chi connectivity index (χ3v) is 3.50. The summed E-state index contributed by atoms with van der Waals surface area (Å²) in [5.74, 6) is 1.64. The summed E-state index contributed by atoms with van der Waals surface area (Å²) >= 11 is 0. The molecule has 0 spiro atoms. The van der Waals surface area contributed by atoms with E-state index in [1.54, 1.807) is 7.11 Å². The van der Waals surface area contributed by atoms with Crippen molar-refractivity contribution in [1.82, 2.24) is 5.32 Å². The maximum atomic E-state index is 11.8. The maximum absolute atomic E-state index is 11.8. The van der Waals surface area contributed by atoms with Crippen LogP contribution in [0.3, 0.4) is 0 Å². The van der Waals surface area contributed by atoms with E-state index < -0.39 is 0 Å². The molecule has 0 heterocycles. The highest BCUT2D eigenvalue weighted by Gasteiger charge is 2.04. The second-order valence-electron chi connectivity index (χ2n) is 5.33. The summed E-state index contributed by atoms with van der Waals surface area (Å²) in [4.78, 5) is 11.8.